The zero-order valence-corrected chi connectivity index (χ0v) is 9.95. The molecule has 1 aromatic rings. The number of aromatic nitrogens is 2. The molecular formula is C10H16ClN3O. The maximum atomic E-state index is 11.4. The number of amides is 1. The van der Waals surface area contributed by atoms with Gasteiger partial charge in [-0.15, -0.1) is 11.6 Å². The van der Waals surface area contributed by atoms with Gasteiger partial charge in [-0.2, -0.15) is 5.10 Å². The number of rotatable bonds is 4. The first-order valence-electron chi connectivity index (χ1n) is 5.04. The summed E-state index contributed by atoms with van der Waals surface area (Å²) < 4.78 is 1.79. The van der Waals surface area contributed by atoms with Crippen LogP contribution in [0.3, 0.4) is 0 Å². The molecular weight excluding hydrogens is 214 g/mol. The van der Waals surface area contributed by atoms with Crippen LogP contribution in [0.25, 0.3) is 0 Å². The molecule has 0 fully saturated rings. The highest BCUT2D eigenvalue weighted by Gasteiger charge is 2.13. The Morgan fingerprint density at radius 3 is 2.87 bits per heavy atom. The number of alkyl halides is 1. The third kappa shape index (κ3) is 2.96. The van der Waals surface area contributed by atoms with Crippen molar-refractivity contribution in [1.29, 1.82) is 0 Å². The van der Waals surface area contributed by atoms with Crippen LogP contribution in [0.1, 0.15) is 33.2 Å². The van der Waals surface area contributed by atoms with Crippen LogP contribution in [0.2, 0.25) is 0 Å². The first-order valence-corrected chi connectivity index (χ1v) is 5.48. The van der Waals surface area contributed by atoms with Crippen LogP contribution >= 0.6 is 11.6 Å². The molecule has 0 radical (unpaired) electrons. The molecule has 1 aromatic heterocycles. The summed E-state index contributed by atoms with van der Waals surface area (Å²) in [5.41, 5.74) is 0. The van der Waals surface area contributed by atoms with Crippen molar-refractivity contribution >= 4 is 23.3 Å². The molecule has 1 rings (SSSR count). The lowest BCUT2D eigenvalue weighted by atomic mass is 10.3. The Bertz CT molecular complexity index is 335. The number of anilines is 1. The molecule has 0 saturated heterocycles. The van der Waals surface area contributed by atoms with Crippen LogP contribution in [-0.4, -0.2) is 21.1 Å². The molecule has 0 aliphatic carbocycles. The Kier molecular flexibility index (Phi) is 4.15. The first kappa shape index (κ1) is 12.0. The van der Waals surface area contributed by atoms with Crippen molar-refractivity contribution in [1.82, 2.24) is 9.78 Å². The summed E-state index contributed by atoms with van der Waals surface area (Å²) in [5.74, 6) is 0.489. The van der Waals surface area contributed by atoms with E-state index in [0.29, 0.717) is 5.82 Å². The lowest BCUT2D eigenvalue weighted by molar-refractivity contribution is -0.115. The summed E-state index contributed by atoms with van der Waals surface area (Å²) in [7, 11) is 0. The number of hydrogen-bond donors (Lipinski definition) is 1. The summed E-state index contributed by atoms with van der Waals surface area (Å²) in [6.07, 6.45) is 2.63. The number of hydrogen-bond acceptors (Lipinski definition) is 2. The smallest absolute Gasteiger partial charge is 0.243 e. The van der Waals surface area contributed by atoms with Gasteiger partial charge in [0.2, 0.25) is 5.91 Å². The summed E-state index contributed by atoms with van der Waals surface area (Å²) in [6, 6.07) is 2.03. The zero-order valence-electron chi connectivity index (χ0n) is 9.20. The molecule has 0 aliphatic heterocycles. The Balaban J connectivity index is 2.77. The van der Waals surface area contributed by atoms with Gasteiger partial charge in [0.1, 0.15) is 11.2 Å². The molecule has 2 atom stereocenters. The maximum Gasteiger partial charge on any atom is 0.243 e. The van der Waals surface area contributed by atoms with Crippen LogP contribution in [0.15, 0.2) is 12.3 Å². The molecule has 15 heavy (non-hydrogen) atoms. The SMILES string of the molecule is CC[C@@H](C)n1nccc1NC(=O)[C@H](C)Cl. The van der Waals surface area contributed by atoms with Gasteiger partial charge >= 0.3 is 0 Å². The third-order valence-corrected chi connectivity index (χ3v) is 2.49. The molecule has 1 amide bonds. The fraction of sp³-hybridized carbons (Fsp3) is 0.600. The second-order valence-electron chi connectivity index (χ2n) is 3.52. The number of nitrogens with one attached hydrogen (secondary N) is 1. The predicted molar refractivity (Wildman–Crippen MR) is 61.2 cm³/mol. The molecule has 0 aliphatic rings. The van der Waals surface area contributed by atoms with Gasteiger partial charge in [0.15, 0.2) is 0 Å². The molecule has 0 spiro atoms. The number of carbonyl (C=O) groups excluding carboxylic acids is 1. The summed E-state index contributed by atoms with van der Waals surface area (Å²) in [5, 5.41) is 6.36. The minimum Gasteiger partial charge on any atom is -0.310 e. The van der Waals surface area contributed by atoms with E-state index in [0.717, 1.165) is 6.42 Å². The molecule has 1 heterocycles. The Morgan fingerprint density at radius 2 is 2.33 bits per heavy atom. The highest BCUT2D eigenvalue weighted by molar-refractivity contribution is 6.32. The van der Waals surface area contributed by atoms with Gasteiger partial charge in [0.05, 0.1) is 12.2 Å². The standard InChI is InChI=1S/C10H16ClN3O/c1-4-7(2)14-9(5-6-12-14)13-10(15)8(3)11/h5-8H,4H2,1-3H3,(H,13,15)/t7-,8+/m1/s1. The summed E-state index contributed by atoms with van der Waals surface area (Å²) in [6.45, 7) is 5.76. The number of nitrogens with zero attached hydrogens (tertiary/aromatic N) is 2. The molecule has 1 N–H and O–H groups in total. The van der Waals surface area contributed by atoms with Crippen LogP contribution < -0.4 is 5.32 Å². The van der Waals surface area contributed by atoms with Gasteiger partial charge in [-0.3, -0.25) is 4.79 Å². The van der Waals surface area contributed by atoms with Crippen LogP contribution in [0.4, 0.5) is 5.82 Å². The predicted octanol–water partition coefficient (Wildman–Crippen LogP) is 2.42. The molecule has 0 saturated carbocycles. The van der Waals surface area contributed by atoms with Gasteiger partial charge < -0.3 is 5.32 Å². The second kappa shape index (κ2) is 5.16. The fourth-order valence-electron chi connectivity index (χ4n) is 1.16. The van der Waals surface area contributed by atoms with E-state index >= 15 is 0 Å². The van der Waals surface area contributed by atoms with E-state index in [-0.39, 0.29) is 11.9 Å². The van der Waals surface area contributed by atoms with Gasteiger partial charge in [0.25, 0.3) is 0 Å². The molecule has 5 heteroatoms. The van der Waals surface area contributed by atoms with Crippen molar-refractivity contribution in [3.05, 3.63) is 12.3 Å². The average molecular weight is 230 g/mol. The summed E-state index contributed by atoms with van der Waals surface area (Å²) >= 11 is 5.67. The lowest BCUT2D eigenvalue weighted by Crippen LogP contribution is -2.23. The van der Waals surface area contributed by atoms with E-state index in [9.17, 15) is 4.79 Å². The van der Waals surface area contributed by atoms with Crippen LogP contribution in [0.5, 0.6) is 0 Å². The van der Waals surface area contributed by atoms with E-state index < -0.39 is 5.38 Å². The maximum absolute atomic E-state index is 11.4. The molecule has 0 unspecified atom stereocenters. The van der Waals surface area contributed by atoms with Crippen molar-refractivity contribution in [3.63, 3.8) is 0 Å². The molecule has 0 aromatic carbocycles. The quantitative estimate of drug-likeness (QED) is 0.806. The topological polar surface area (TPSA) is 46.9 Å². The summed E-state index contributed by atoms with van der Waals surface area (Å²) in [4.78, 5) is 11.4. The van der Waals surface area contributed by atoms with Crippen LogP contribution in [-0.2, 0) is 4.79 Å². The monoisotopic (exact) mass is 229 g/mol. The number of carbonyl (C=O) groups is 1. The Labute approximate surface area is 94.6 Å². The van der Waals surface area contributed by atoms with Crippen molar-refractivity contribution in [2.45, 2.75) is 38.6 Å². The van der Waals surface area contributed by atoms with Crippen molar-refractivity contribution in [2.75, 3.05) is 5.32 Å². The van der Waals surface area contributed by atoms with E-state index in [1.54, 1.807) is 23.9 Å². The molecule has 84 valence electrons. The van der Waals surface area contributed by atoms with E-state index in [4.69, 9.17) is 11.6 Å². The zero-order chi connectivity index (χ0) is 11.4. The fourth-order valence-corrected chi connectivity index (χ4v) is 1.22. The highest BCUT2D eigenvalue weighted by Crippen LogP contribution is 2.16. The third-order valence-electron chi connectivity index (χ3n) is 2.29. The van der Waals surface area contributed by atoms with E-state index in [2.05, 4.69) is 17.3 Å². The first-order chi connectivity index (χ1) is 7.06. The Hall–Kier alpha value is -1.03. The van der Waals surface area contributed by atoms with E-state index in [1.165, 1.54) is 0 Å². The molecule has 0 bridgehead atoms. The van der Waals surface area contributed by atoms with Gasteiger partial charge in [-0.25, -0.2) is 4.68 Å². The van der Waals surface area contributed by atoms with Gasteiger partial charge in [-0.1, -0.05) is 6.92 Å². The minimum atomic E-state index is -0.537. The lowest BCUT2D eigenvalue weighted by Gasteiger charge is -2.14. The van der Waals surface area contributed by atoms with E-state index in [1.807, 2.05) is 6.92 Å². The average Bonchev–Trinajstić information content (AvgIpc) is 2.64. The van der Waals surface area contributed by atoms with Crippen molar-refractivity contribution in [2.24, 2.45) is 0 Å². The largest absolute Gasteiger partial charge is 0.310 e. The number of halogens is 1. The molecule has 4 nitrogen and oxygen atoms in total. The minimum absolute atomic E-state index is 0.207. The van der Waals surface area contributed by atoms with Crippen LogP contribution in [0, 0.1) is 0 Å². The van der Waals surface area contributed by atoms with Crippen molar-refractivity contribution in [3.8, 4) is 0 Å². The van der Waals surface area contributed by atoms with Gasteiger partial charge in [0, 0.05) is 6.07 Å². The highest BCUT2D eigenvalue weighted by atomic mass is 35.5. The normalized spacial score (nSPS) is 14.7. The van der Waals surface area contributed by atoms with Gasteiger partial charge in [-0.05, 0) is 20.3 Å². The Morgan fingerprint density at radius 1 is 1.67 bits per heavy atom. The second-order valence-corrected chi connectivity index (χ2v) is 4.18. The van der Waals surface area contributed by atoms with Crippen molar-refractivity contribution < 1.29 is 4.79 Å².